The molecule has 0 aliphatic carbocycles. The minimum Gasteiger partial charge on any atom is -0.462 e. The van der Waals surface area contributed by atoms with E-state index in [0.717, 1.165) is 108 Å². The number of ether oxygens (including phenoxy) is 4. The van der Waals surface area contributed by atoms with E-state index < -0.39 is 97.5 Å². The summed E-state index contributed by atoms with van der Waals surface area (Å²) in [6.07, 6.45) is 43.2. The number of aliphatic hydroxyl groups excluding tert-OH is 1. The van der Waals surface area contributed by atoms with Crippen LogP contribution >= 0.6 is 15.6 Å². The van der Waals surface area contributed by atoms with Crippen LogP contribution in [0.1, 0.15) is 344 Å². The molecule has 0 radical (unpaired) electrons. The maximum Gasteiger partial charge on any atom is 0.472 e. The summed E-state index contributed by atoms with van der Waals surface area (Å²) in [7, 11) is -9.90. The van der Waals surface area contributed by atoms with E-state index in [1.165, 1.54) is 148 Å². The van der Waals surface area contributed by atoms with Crippen molar-refractivity contribution >= 4 is 39.5 Å². The van der Waals surface area contributed by atoms with Crippen LogP contribution in [0.2, 0.25) is 0 Å². The van der Waals surface area contributed by atoms with Gasteiger partial charge in [-0.2, -0.15) is 0 Å². The lowest BCUT2D eigenvalue weighted by atomic mass is 10.00. The van der Waals surface area contributed by atoms with Gasteiger partial charge in [-0.25, -0.2) is 9.13 Å². The molecule has 0 heterocycles. The topological polar surface area (TPSA) is 237 Å². The van der Waals surface area contributed by atoms with E-state index in [-0.39, 0.29) is 25.7 Å². The molecule has 0 bridgehead atoms. The van der Waals surface area contributed by atoms with Crippen LogP contribution in [-0.2, 0) is 65.4 Å². The van der Waals surface area contributed by atoms with Gasteiger partial charge in [-0.3, -0.25) is 37.3 Å². The first-order valence-electron chi connectivity index (χ1n) is 35.9. The fraction of sp³-hybridized carbons (Fsp3) is 0.942. The van der Waals surface area contributed by atoms with Gasteiger partial charge in [0, 0.05) is 25.7 Å². The smallest absolute Gasteiger partial charge is 0.462 e. The molecule has 0 aromatic heterocycles. The van der Waals surface area contributed by atoms with Crippen LogP contribution in [0.5, 0.6) is 0 Å². The Hall–Kier alpha value is -1.94. The molecule has 0 fully saturated rings. The van der Waals surface area contributed by atoms with Gasteiger partial charge < -0.3 is 33.8 Å². The molecule has 0 aliphatic heterocycles. The number of carbonyl (C=O) groups is 4. The molecule has 0 amide bonds. The molecule has 17 nitrogen and oxygen atoms in total. The van der Waals surface area contributed by atoms with Crippen LogP contribution in [0, 0.1) is 17.8 Å². The molecule has 88 heavy (non-hydrogen) atoms. The van der Waals surface area contributed by atoms with Crippen molar-refractivity contribution in [2.24, 2.45) is 17.8 Å². The normalized spacial score (nSPS) is 14.5. The second-order valence-electron chi connectivity index (χ2n) is 26.1. The van der Waals surface area contributed by atoms with Crippen LogP contribution in [0.3, 0.4) is 0 Å². The van der Waals surface area contributed by atoms with E-state index in [1.54, 1.807) is 0 Å². The largest absolute Gasteiger partial charge is 0.472 e. The lowest BCUT2D eigenvalue weighted by Gasteiger charge is -2.21. The molecule has 0 rings (SSSR count). The highest BCUT2D eigenvalue weighted by Gasteiger charge is 2.30. The van der Waals surface area contributed by atoms with Gasteiger partial charge in [-0.05, 0) is 43.4 Å². The molecule has 3 unspecified atom stereocenters. The molecule has 0 saturated heterocycles. The number of rotatable bonds is 67. The summed E-state index contributed by atoms with van der Waals surface area (Å²) in [5.41, 5.74) is 0. The van der Waals surface area contributed by atoms with Gasteiger partial charge in [0.25, 0.3) is 0 Å². The fourth-order valence-electron chi connectivity index (χ4n) is 10.3. The van der Waals surface area contributed by atoms with Crippen molar-refractivity contribution in [1.82, 2.24) is 0 Å². The van der Waals surface area contributed by atoms with E-state index in [1.807, 2.05) is 0 Å². The van der Waals surface area contributed by atoms with Crippen molar-refractivity contribution in [3.63, 3.8) is 0 Å². The van der Waals surface area contributed by atoms with Gasteiger partial charge in [-0.15, -0.1) is 0 Å². The van der Waals surface area contributed by atoms with Gasteiger partial charge in [0.15, 0.2) is 12.2 Å². The first kappa shape index (κ1) is 86.1. The van der Waals surface area contributed by atoms with E-state index in [2.05, 4.69) is 48.5 Å². The second kappa shape index (κ2) is 60.0. The Morgan fingerprint density at radius 2 is 0.580 bits per heavy atom. The van der Waals surface area contributed by atoms with E-state index in [9.17, 15) is 43.2 Å². The summed E-state index contributed by atoms with van der Waals surface area (Å²) < 4.78 is 68.2. The summed E-state index contributed by atoms with van der Waals surface area (Å²) in [6.45, 7) is 11.7. The Labute approximate surface area is 537 Å². The molecule has 522 valence electrons. The van der Waals surface area contributed by atoms with Gasteiger partial charge in [-0.1, -0.05) is 292 Å². The lowest BCUT2D eigenvalue weighted by molar-refractivity contribution is -0.161. The Balaban J connectivity index is 5.24. The number of hydrogen-bond acceptors (Lipinski definition) is 15. The third-order valence-corrected chi connectivity index (χ3v) is 18.1. The second-order valence-corrected chi connectivity index (χ2v) is 29.0. The monoisotopic (exact) mass is 1300 g/mol. The van der Waals surface area contributed by atoms with Gasteiger partial charge in [0.2, 0.25) is 0 Å². The molecular formula is C69H134O17P2. The zero-order valence-electron chi connectivity index (χ0n) is 57.2. The number of esters is 4. The summed E-state index contributed by atoms with van der Waals surface area (Å²) in [4.78, 5) is 72.4. The molecule has 0 saturated carbocycles. The predicted molar refractivity (Wildman–Crippen MR) is 354 cm³/mol. The third-order valence-electron chi connectivity index (χ3n) is 16.2. The van der Waals surface area contributed by atoms with Crippen LogP contribution in [0.25, 0.3) is 0 Å². The number of phosphoric ester groups is 2. The molecule has 6 atom stereocenters. The minimum atomic E-state index is -4.95. The maximum absolute atomic E-state index is 13.0. The van der Waals surface area contributed by atoms with Crippen LogP contribution < -0.4 is 0 Å². The standard InChI is InChI=1S/C69H134O17P2/c1-8-10-11-12-13-14-15-16-17-21-24-27-36-43-50-66(71)79-56-64(85-68(73)52-45-38-28-25-22-19-18-20-23-26-33-40-47-60(3)4)58-83-87(75,76)81-54-63(70)55-82-88(77,78)84-59-65(57-80-67(72)51-44-37-31-29-34-41-48-61(5)6)86-69(74)53-46-39-32-30-35-42-49-62(7)9-2/h60-65,70H,8-59H2,1-7H3,(H,75,76)(H,77,78)/t62?,63-,64-,65-/m1/s1. The molecule has 0 aromatic carbocycles. The third kappa shape index (κ3) is 61.6. The molecule has 0 aromatic rings. The van der Waals surface area contributed by atoms with Crippen molar-refractivity contribution in [3.05, 3.63) is 0 Å². The van der Waals surface area contributed by atoms with Crippen molar-refractivity contribution in [2.75, 3.05) is 39.6 Å². The Bertz CT molecular complexity index is 1730. The number of hydrogen-bond donors (Lipinski definition) is 3. The minimum absolute atomic E-state index is 0.102. The van der Waals surface area contributed by atoms with Crippen molar-refractivity contribution in [3.8, 4) is 0 Å². The van der Waals surface area contributed by atoms with Gasteiger partial charge in [0.05, 0.1) is 26.4 Å². The molecule has 19 heteroatoms. The molecule has 3 N–H and O–H groups in total. The van der Waals surface area contributed by atoms with Crippen molar-refractivity contribution in [2.45, 2.75) is 362 Å². The average molecular weight is 1300 g/mol. The highest BCUT2D eigenvalue weighted by molar-refractivity contribution is 7.47. The Morgan fingerprint density at radius 3 is 0.864 bits per heavy atom. The molecule has 0 spiro atoms. The maximum atomic E-state index is 13.0. The lowest BCUT2D eigenvalue weighted by Crippen LogP contribution is -2.30. The quantitative estimate of drug-likeness (QED) is 0.0222. The van der Waals surface area contributed by atoms with Crippen molar-refractivity contribution in [1.29, 1.82) is 0 Å². The summed E-state index contributed by atoms with van der Waals surface area (Å²) in [5, 5.41) is 10.6. The Morgan fingerprint density at radius 1 is 0.330 bits per heavy atom. The molecular weight excluding hydrogens is 1160 g/mol. The summed E-state index contributed by atoms with van der Waals surface area (Å²) >= 11 is 0. The van der Waals surface area contributed by atoms with E-state index in [4.69, 9.17) is 37.0 Å². The first-order valence-corrected chi connectivity index (χ1v) is 38.9. The number of carbonyl (C=O) groups excluding carboxylic acids is 4. The number of phosphoric acid groups is 2. The van der Waals surface area contributed by atoms with Gasteiger partial charge in [0.1, 0.15) is 19.3 Å². The van der Waals surface area contributed by atoms with E-state index in [0.29, 0.717) is 31.6 Å². The number of aliphatic hydroxyl groups is 1. The highest BCUT2D eigenvalue weighted by Crippen LogP contribution is 2.45. The highest BCUT2D eigenvalue weighted by atomic mass is 31.2. The zero-order valence-corrected chi connectivity index (χ0v) is 59.0. The van der Waals surface area contributed by atoms with Gasteiger partial charge >= 0.3 is 39.5 Å². The molecule has 0 aliphatic rings. The summed E-state index contributed by atoms with van der Waals surface area (Å²) in [6, 6.07) is 0. The fourth-order valence-corrected chi connectivity index (χ4v) is 11.9. The zero-order chi connectivity index (χ0) is 65.2. The van der Waals surface area contributed by atoms with Crippen molar-refractivity contribution < 1.29 is 80.2 Å². The van der Waals surface area contributed by atoms with Crippen LogP contribution in [0.4, 0.5) is 0 Å². The summed E-state index contributed by atoms with van der Waals surface area (Å²) in [5.74, 6) is 0.0448. The average Bonchev–Trinajstić information content (AvgIpc) is 3.65. The number of unbranched alkanes of at least 4 members (excludes halogenated alkanes) is 34. The SMILES string of the molecule is CCCCCCCCCCCCCCCCC(=O)OC[C@H](COP(=O)(O)OC[C@@H](O)COP(=O)(O)OC[C@@H](COC(=O)CCCCCCCCC(C)C)OC(=O)CCCCCCCCC(C)CC)OC(=O)CCCCCCCCCCCCCCC(C)C. The van der Waals surface area contributed by atoms with Crippen LogP contribution in [0.15, 0.2) is 0 Å². The van der Waals surface area contributed by atoms with Crippen LogP contribution in [-0.4, -0.2) is 96.7 Å². The first-order chi connectivity index (χ1) is 42.3. The predicted octanol–water partition coefficient (Wildman–Crippen LogP) is 19.5. The Kier molecular flexibility index (Phi) is 58.7. The van der Waals surface area contributed by atoms with E-state index >= 15 is 0 Å².